The zero-order chi connectivity index (χ0) is 14.5. The maximum atomic E-state index is 10.1. The topological polar surface area (TPSA) is 63.8 Å². The molecule has 1 aliphatic rings. The quantitative estimate of drug-likeness (QED) is 0.930. The van der Waals surface area contributed by atoms with Crippen LogP contribution in [0.25, 0.3) is 11.2 Å². The number of nitrogens with zero attached hydrogens (tertiary/aromatic N) is 4. The van der Waals surface area contributed by atoms with Crippen LogP contribution in [0.1, 0.15) is 63.9 Å². The number of rotatable bonds is 4. The molecule has 2 aromatic heterocycles. The number of aliphatic hydroxyl groups is 1. The average Bonchev–Trinajstić information content (AvgIpc) is 2.97. The van der Waals surface area contributed by atoms with E-state index in [1.165, 1.54) is 0 Å². The summed E-state index contributed by atoms with van der Waals surface area (Å²) in [6, 6.07) is 0. The molecule has 0 amide bonds. The van der Waals surface area contributed by atoms with Gasteiger partial charge < -0.3 is 9.67 Å². The van der Waals surface area contributed by atoms with Gasteiger partial charge in [-0.15, -0.1) is 0 Å². The van der Waals surface area contributed by atoms with Crippen molar-refractivity contribution in [3.05, 3.63) is 17.8 Å². The van der Waals surface area contributed by atoms with Crippen molar-refractivity contribution in [2.45, 2.75) is 64.5 Å². The predicted octanol–water partition coefficient (Wildman–Crippen LogP) is 2.60. The fraction of sp³-hybridized carbons (Fsp3) is 0.667. The minimum atomic E-state index is -0.547. The molecule has 1 aliphatic carbocycles. The molecule has 2 heterocycles. The first-order chi connectivity index (χ1) is 9.39. The monoisotopic (exact) mass is 274 g/mol. The van der Waals surface area contributed by atoms with Gasteiger partial charge in [0.05, 0.1) is 24.2 Å². The molecule has 5 nitrogen and oxygen atoms in total. The largest absolute Gasteiger partial charge is 0.388 e. The van der Waals surface area contributed by atoms with E-state index < -0.39 is 5.60 Å². The van der Waals surface area contributed by atoms with Gasteiger partial charge in [-0.05, 0) is 18.8 Å². The lowest BCUT2D eigenvalue weighted by atomic mass is 10.1. The maximum Gasteiger partial charge on any atom is 0.163 e. The van der Waals surface area contributed by atoms with E-state index in [9.17, 15) is 5.11 Å². The summed E-state index contributed by atoms with van der Waals surface area (Å²) >= 11 is 0. The molecular weight excluding hydrogens is 252 g/mol. The summed E-state index contributed by atoms with van der Waals surface area (Å²) in [6.45, 7) is 9.02. The zero-order valence-electron chi connectivity index (χ0n) is 12.6. The SMILES string of the molecule is CC(C)c1nc(C(C)C)c2ncn(CC3(O)CC3)c2n1. The van der Waals surface area contributed by atoms with Crippen LogP contribution in [0.15, 0.2) is 6.33 Å². The summed E-state index contributed by atoms with van der Waals surface area (Å²) in [6.07, 6.45) is 3.52. The van der Waals surface area contributed by atoms with Gasteiger partial charge in [0.2, 0.25) is 0 Å². The summed E-state index contributed by atoms with van der Waals surface area (Å²) in [5.41, 5.74) is 2.18. The molecule has 1 saturated carbocycles. The van der Waals surface area contributed by atoms with E-state index in [1.807, 2.05) is 4.57 Å². The Morgan fingerprint density at radius 2 is 1.90 bits per heavy atom. The molecule has 0 spiro atoms. The Labute approximate surface area is 119 Å². The van der Waals surface area contributed by atoms with Crippen molar-refractivity contribution >= 4 is 11.2 Å². The number of aromatic nitrogens is 4. The van der Waals surface area contributed by atoms with E-state index in [1.54, 1.807) is 6.33 Å². The van der Waals surface area contributed by atoms with Gasteiger partial charge in [0.1, 0.15) is 11.3 Å². The molecule has 0 saturated heterocycles. The van der Waals surface area contributed by atoms with Gasteiger partial charge >= 0.3 is 0 Å². The number of hydrogen-bond donors (Lipinski definition) is 1. The minimum Gasteiger partial charge on any atom is -0.388 e. The second-order valence-electron chi connectivity index (χ2n) is 6.55. The lowest BCUT2D eigenvalue weighted by Gasteiger charge is -2.13. The standard InChI is InChI=1S/C15H22N4O/c1-9(2)11-12-14(18-13(17-11)10(3)4)19(8-16-12)7-15(20)5-6-15/h8-10,20H,5-7H2,1-4H3. The highest BCUT2D eigenvalue weighted by atomic mass is 16.3. The number of fused-ring (bicyclic) bond motifs is 1. The Bertz CT molecular complexity index is 641. The Kier molecular flexibility index (Phi) is 3.05. The van der Waals surface area contributed by atoms with Crippen LogP contribution < -0.4 is 0 Å². The molecule has 5 heteroatoms. The molecule has 1 fully saturated rings. The van der Waals surface area contributed by atoms with Crippen LogP contribution in [0.3, 0.4) is 0 Å². The van der Waals surface area contributed by atoms with Crippen LogP contribution in [0.5, 0.6) is 0 Å². The van der Waals surface area contributed by atoms with Crippen LogP contribution in [0.2, 0.25) is 0 Å². The Balaban J connectivity index is 2.14. The van der Waals surface area contributed by atoms with Crippen LogP contribution in [-0.4, -0.2) is 30.2 Å². The maximum absolute atomic E-state index is 10.1. The Morgan fingerprint density at radius 3 is 2.45 bits per heavy atom. The highest BCUT2D eigenvalue weighted by Crippen LogP contribution is 2.37. The van der Waals surface area contributed by atoms with Gasteiger partial charge in [0.15, 0.2) is 5.65 Å². The molecule has 0 radical (unpaired) electrons. The second kappa shape index (κ2) is 4.52. The van der Waals surface area contributed by atoms with Gasteiger partial charge in [-0.3, -0.25) is 0 Å². The van der Waals surface area contributed by atoms with Crippen molar-refractivity contribution < 1.29 is 5.11 Å². The van der Waals surface area contributed by atoms with Crippen LogP contribution in [0.4, 0.5) is 0 Å². The van der Waals surface area contributed by atoms with Gasteiger partial charge in [0, 0.05) is 5.92 Å². The van der Waals surface area contributed by atoms with E-state index in [-0.39, 0.29) is 5.92 Å². The van der Waals surface area contributed by atoms with Gasteiger partial charge in [-0.2, -0.15) is 0 Å². The molecule has 0 unspecified atom stereocenters. The molecule has 0 aliphatic heterocycles. The first-order valence-corrected chi connectivity index (χ1v) is 7.35. The summed E-state index contributed by atoms with van der Waals surface area (Å²) in [5.74, 6) is 1.44. The second-order valence-corrected chi connectivity index (χ2v) is 6.55. The van der Waals surface area contributed by atoms with Crippen LogP contribution in [0, 0.1) is 0 Å². The third kappa shape index (κ3) is 2.30. The highest BCUT2D eigenvalue weighted by Gasteiger charge is 2.41. The first-order valence-electron chi connectivity index (χ1n) is 7.35. The van der Waals surface area contributed by atoms with E-state index in [4.69, 9.17) is 0 Å². The third-order valence-corrected chi connectivity index (χ3v) is 3.86. The van der Waals surface area contributed by atoms with Crippen LogP contribution in [-0.2, 0) is 6.54 Å². The summed E-state index contributed by atoms with van der Waals surface area (Å²) < 4.78 is 1.97. The van der Waals surface area contributed by atoms with Gasteiger partial charge in [-0.1, -0.05) is 27.7 Å². The average molecular weight is 274 g/mol. The highest BCUT2D eigenvalue weighted by molar-refractivity contribution is 5.74. The molecule has 2 aromatic rings. The lowest BCUT2D eigenvalue weighted by molar-refractivity contribution is 0.130. The van der Waals surface area contributed by atoms with E-state index in [2.05, 4.69) is 42.6 Å². The van der Waals surface area contributed by atoms with Crippen molar-refractivity contribution in [2.24, 2.45) is 0 Å². The molecule has 3 rings (SSSR count). The Morgan fingerprint density at radius 1 is 1.20 bits per heavy atom. The fourth-order valence-electron chi connectivity index (χ4n) is 2.38. The fourth-order valence-corrected chi connectivity index (χ4v) is 2.38. The van der Waals surface area contributed by atoms with Crippen molar-refractivity contribution in [1.82, 2.24) is 19.5 Å². The predicted molar refractivity (Wildman–Crippen MR) is 77.7 cm³/mol. The summed E-state index contributed by atoms with van der Waals surface area (Å²) in [5, 5.41) is 10.1. The summed E-state index contributed by atoms with van der Waals surface area (Å²) in [4.78, 5) is 13.8. The van der Waals surface area contributed by atoms with Gasteiger partial charge in [-0.25, -0.2) is 15.0 Å². The minimum absolute atomic E-state index is 0.282. The first kappa shape index (κ1) is 13.5. The molecule has 0 aromatic carbocycles. The third-order valence-electron chi connectivity index (χ3n) is 3.86. The normalized spacial score (nSPS) is 17.4. The molecule has 20 heavy (non-hydrogen) atoms. The van der Waals surface area contributed by atoms with E-state index in [0.29, 0.717) is 12.5 Å². The molecular formula is C15H22N4O. The zero-order valence-corrected chi connectivity index (χ0v) is 12.6. The van der Waals surface area contributed by atoms with Crippen molar-refractivity contribution in [3.63, 3.8) is 0 Å². The lowest BCUT2D eigenvalue weighted by Crippen LogP contribution is -2.17. The van der Waals surface area contributed by atoms with Crippen LogP contribution >= 0.6 is 0 Å². The van der Waals surface area contributed by atoms with E-state index >= 15 is 0 Å². The van der Waals surface area contributed by atoms with E-state index in [0.717, 1.165) is 35.5 Å². The van der Waals surface area contributed by atoms with Crippen molar-refractivity contribution in [2.75, 3.05) is 0 Å². The number of imidazole rings is 1. The smallest absolute Gasteiger partial charge is 0.163 e. The molecule has 108 valence electrons. The number of hydrogen-bond acceptors (Lipinski definition) is 4. The molecule has 1 N–H and O–H groups in total. The van der Waals surface area contributed by atoms with Gasteiger partial charge in [0.25, 0.3) is 0 Å². The van der Waals surface area contributed by atoms with Crippen molar-refractivity contribution in [3.8, 4) is 0 Å². The van der Waals surface area contributed by atoms with Crippen molar-refractivity contribution in [1.29, 1.82) is 0 Å². The molecule has 0 atom stereocenters. The summed E-state index contributed by atoms with van der Waals surface area (Å²) in [7, 11) is 0. The molecule has 0 bridgehead atoms. The Hall–Kier alpha value is -1.49.